The second-order valence-corrected chi connectivity index (χ2v) is 5.19. The molecular weight excluding hydrogens is 316 g/mol. The van der Waals surface area contributed by atoms with E-state index in [4.69, 9.17) is 21.3 Å². The summed E-state index contributed by atoms with van der Waals surface area (Å²) in [4.78, 5) is 12.4. The molecule has 0 aliphatic rings. The summed E-state index contributed by atoms with van der Waals surface area (Å²) in [6.45, 7) is 1.63. The Morgan fingerprint density at radius 2 is 2.26 bits per heavy atom. The molecule has 0 unspecified atom stereocenters. The van der Waals surface area contributed by atoms with E-state index in [1.54, 1.807) is 48.3 Å². The van der Waals surface area contributed by atoms with Gasteiger partial charge < -0.3 is 9.73 Å². The fourth-order valence-corrected chi connectivity index (χ4v) is 2.33. The summed E-state index contributed by atoms with van der Waals surface area (Å²) in [6, 6.07) is 10.1. The summed E-state index contributed by atoms with van der Waals surface area (Å²) in [5.74, 6) is 0.105. The van der Waals surface area contributed by atoms with Gasteiger partial charge in [-0.05, 0) is 31.2 Å². The van der Waals surface area contributed by atoms with E-state index in [2.05, 4.69) is 10.4 Å². The van der Waals surface area contributed by atoms with Gasteiger partial charge in [-0.2, -0.15) is 10.4 Å². The number of furan rings is 1. The van der Waals surface area contributed by atoms with Crippen LogP contribution in [0.2, 0.25) is 5.02 Å². The number of nitrogens with zero attached hydrogens (tertiary/aromatic N) is 3. The highest BCUT2D eigenvalue weighted by Gasteiger charge is 2.17. The normalized spacial score (nSPS) is 10.3. The van der Waals surface area contributed by atoms with Crippen molar-refractivity contribution in [2.75, 3.05) is 5.32 Å². The van der Waals surface area contributed by atoms with Gasteiger partial charge in [0.1, 0.15) is 11.8 Å². The molecule has 0 radical (unpaired) electrons. The van der Waals surface area contributed by atoms with Crippen molar-refractivity contribution in [3.05, 3.63) is 64.8 Å². The molecule has 0 saturated carbocycles. The fourth-order valence-electron chi connectivity index (χ4n) is 2.16. The maximum absolute atomic E-state index is 12.4. The number of amides is 1. The van der Waals surface area contributed by atoms with E-state index in [1.165, 1.54) is 6.07 Å². The fraction of sp³-hybridized carbons (Fsp3) is 0.0625. The van der Waals surface area contributed by atoms with Crippen LogP contribution in [0, 0.1) is 18.3 Å². The molecule has 0 saturated heterocycles. The number of benzene rings is 1. The third-order valence-electron chi connectivity index (χ3n) is 3.23. The summed E-state index contributed by atoms with van der Waals surface area (Å²) in [7, 11) is 0. The number of hydrogen-bond acceptors (Lipinski definition) is 4. The molecule has 1 aromatic carbocycles. The Morgan fingerprint density at radius 3 is 2.91 bits per heavy atom. The van der Waals surface area contributed by atoms with Crippen molar-refractivity contribution in [3.8, 4) is 11.8 Å². The molecule has 114 valence electrons. The van der Waals surface area contributed by atoms with E-state index in [0.29, 0.717) is 27.7 Å². The number of anilines is 1. The van der Waals surface area contributed by atoms with Crippen molar-refractivity contribution in [1.82, 2.24) is 9.78 Å². The van der Waals surface area contributed by atoms with Gasteiger partial charge in [0, 0.05) is 23.5 Å². The minimum atomic E-state index is -0.372. The zero-order valence-corrected chi connectivity index (χ0v) is 12.8. The predicted octanol–water partition coefficient (Wildman–Crippen LogP) is 3.55. The maximum Gasteiger partial charge on any atom is 0.259 e. The topological polar surface area (TPSA) is 83.9 Å². The van der Waals surface area contributed by atoms with Crippen LogP contribution in [-0.2, 0) is 0 Å². The van der Waals surface area contributed by atoms with E-state index in [-0.39, 0.29) is 11.7 Å². The van der Waals surface area contributed by atoms with Gasteiger partial charge in [0.05, 0.1) is 16.9 Å². The first-order valence-electron chi connectivity index (χ1n) is 6.70. The standard InChI is InChI=1S/C16H11ClN4O2/c1-10-13(8-12(9-18)23-10)16(22)20-14-4-3-11(17)7-15(14)21-6-2-5-19-21/h2-8H,1H3,(H,20,22). The lowest BCUT2D eigenvalue weighted by Crippen LogP contribution is -2.14. The van der Waals surface area contributed by atoms with Crippen molar-refractivity contribution < 1.29 is 9.21 Å². The number of carbonyl (C=O) groups excluding carboxylic acids is 1. The number of nitrogens with one attached hydrogen (secondary N) is 1. The average molecular weight is 327 g/mol. The second-order valence-electron chi connectivity index (χ2n) is 4.76. The van der Waals surface area contributed by atoms with Crippen molar-refractivity contribution >= 4 is 23.2 Å². The van der Waals surface area contributed by atoms with Crippen LogP contribution in [-0.4, -0.2) is 15.7 Å². The molecule has 0 atom stereocenters. The Morgan fingerprint density at radius 1 is 1.43 bits per heavy atom. The SMILES string of the molecule is Cc1oc(C#N)cc1C(=O)Nc1ccc(Cl)cc1-n1cccn1. The number of halogens is 1. The maximum atomic E-state index is 12.4. The molecule has 1 amide bonds. The molecule has 23 heavy (non-hydrogen) atoms. The monoisotopic (exact) mass is 326 g/mol. The van der Waals surface area contributed by atoms with Crippen LogP contribution < -0.4 is 5.32 Å². The summed E-state index contributed by atoms with van der Waals surface area (Å²) < 4.78 is 6.79. The average Bonchev–Trinajstić information content (AvgIpc) is 3.18. The van der Waals surface area contributed by atoms with Gasteiger partial charge in [-0.15, -0.1) is 0 Å². The molecule has 6 nitrogen and oxygen atoms in total. The van der Waals surface area contributed by atoms with Crippen molar-refractivity contribution in [1.29, 1.82) is 5.26 Å². The van der Waals surface area contributed by atoms with Crippen LogP contribution in [0.5, 0.6) is 0 Å². The predicted molar refractivity (Wildman–Crippen MR) is 84.7 cm³/mol. The van der Waals surface area contributed by atoms with E-state index in [0.717, 1.165) is 0 Å². The molecule has 7 heteroatoms. The van der Waals surface area contributed by atoms with Crippen LogP contribution in [0.4, 0.5) is 5.69 Å². The van der Waals surface area contributed by atoms with Crippen molar-refractivity contribution in [2.45, 2.75) is 6.92 Å². The van der Waals surface area contributed by atoms with E-state index in [1.807, 2.05) is 6.07 Å². The van der Waals surface area contributed by atoms with E-state index in [9.17, 15) is 4.79 Å². The first-order valence-corrected chi connectivity index (χ1v) is 7.07. The van der Waals surface area contributed by atoms with Gasteiger partial charge in [-0.1, -0.05) is 11.6 Å². The van der Waals surface area contributed by atoms with Gasteiger partial charge in [0.25, 0.3) is 5.91 Å². The minimum Gasteiger partial charge on any atom is -0.450 e. The van der Waals surface area contributed by atoms with Crippen LogP contribution in [0.25, 0.3) is 5.69 Å². The van der Waals surface area contributed by atoms with Gasteiger partial charge in [-0.25, -0.2) is 4.68 Å². The van der Waals surface area contributed by atoms with Gasteiger partial charge in [0.2, 0.25) is 5.76 Å². The zero-order valence-electron chi connectivity index (χ0n) is 12.1. The molecule has 0 aliphatic heterocycles. The summed E-state index contributed by atoms with van der Waals surface area (Å²) >= 11 is 6.03. The molecular formula is C16H11ClN4O2. The largest absolute Gasteiger partial charge is 0.450 e. The highest BCUT2D eigenvalue weighted by Crippen LogP contribution is 2.25. The number of rotatable bonds is 3. The van der Waals surface area contributed by atoms with Crippen molar-refractivity contribution in [3.63, 3.8) is 0 Å². The zero-order chi connectivity index (χ0) is 16.4. The van der Waals surface area contributed by atoms with Crippen LogP contribution in [0.1, 0.15) is 21.9 Å². The van der Waals surface area contributed by atoms with Crippen LogP contribution in [0.3, 0.4) is 0 Å². The number of aromatic nitrogens is 2. The van der Waals surface area contributed by atoms with Gasteiger partial charge in [0.15, 0.2) is 0 Å². The van der Waals surface area contributed by atoms with Gasteiger partial charge >= 0.3 is 0 Å². The number of aryl methyl sites for hydroxylation is 1. The van der Waals surface area contributed by atoms with Gasteiger partial charge in [-0.3, -0.25) is 4.79 Å². The summed E-state index contributed by atoms with van der Waals surface area (Å²) in [6.07, 6.45) is 3.38. The Kier molecular flexibility index (Phi) is 3.87. The Labute approximate surface area is 136 Å². The molecule has 0 fully saturated rings. The molecule has 3 aromatic rings. The highest BCUT2D eigenvalue weighted by atomic mass is 35.5. The van der Waals surface area contributed by atoms with E-state index >= 15 is 0 Å². The first-order chi connectivity index (χ1) is 11.1. The Bertz CT molecular complexity index is 907. The molecule has 2 heterocycles. The van der Waals surface area contributed by atoms with Crippen molar-refractivity contribution in [2.24, 2.45) is 0 Å². The van der Waals surface area contributed by atoms with Crippen LogP contribution >= 0.6 is 11.6 Å². The summed E-state index contributed by atoms with van der Waals surface area (Å²) in [5.41, 5.74) is 1.49. The Balaban J connectivity index is 1.95. The number of hydrogen-bond donors (Lipinski definition) is 1. The molecule has 0 bridgehead atoms. The molecule has 1 N–H and O–H groups in total. The smallest absolute Gasteiger partial charge is 0.259 e. The Hall–Kier alpha value is -3.04. The molecule has 3 rings (SSSR count). The first kappa shape index (κ1) is 14.9. The summed E-state index contributed by atoms with van der Waals surface area (Å²) in [5, 5.41) is 16.3. The van der Waals surface area contributed by atoms with Crippen LogP contribution in [0.15, 0.2) is 47.1 Å². The lowest BCUT2D eigenvalue weighted by Gasteiger charge is -2.11. The lowest BCUT2D eigenvalue weighted by atomic mass is 10.2. The quantitative estimate of drug-likeness (QED) is 0.797. The molecule has 0 aliphatic carbocycles. The number of nitriles is 1. The third-order valence-corrected chi connectivity index (χ3v) is 3.47. The minimum absolute atomic E-state index is 0.0936. The number of carbonyl (C=O) groups is 1. The second kappa shape index (κ2) is 5.99. The highest BCUT2D eigenvalue weighted by molar-refractivity contribution is 6.31. The third kappa shape index (κ3) is 2.96. The van der Waals surface area contributed by atoms with E-state index < -0.39 is 0 Å². The molecule has 2 aromatic heterocycles. The molecule has 0 spiro atoms. The lowest BCUT2D eigenvalue weighted by molar-refractivity contribution is 0.102.